The number of aromatic nitrogens is 2. The summed E-state index contributed by atoms with van der Waals surface area (Å²) in [6.45, 7) is 4.93. The summed E-state index contributed by atoms with van der Waals surface area (Å²) >= 11 is 12.3. The van der Waals surface area contributed by atoms with Crippen LogP contribution in [-0.4, -0.2) is 47.0 Å². The predicted octanol–water partition coefficient (Wildman–Crippen LogP) is 4.27. The maximum atomic E-state index is 12.8. The molecule has 2 aliphatic rings. The number of nitrogens with zero attached hydrogens (tertiary/aromatic N) is 3. The van der Waals surface area contributed by atoms with Gasteiger partial charge in [-0.15, -0.1) is 0 Å². The van der Waals surface area contributed by atoms with Gasteiger partial charge in [0.15, 0.2) is 5.78 Å². The molecule has 3 heterocycles. The second kappa shape index (κ2) is 8.04. The number of halogens is 2. The first kappa shape index (κ1) is 20.9. The zero-order valence-corrected chi connectivity index (χ0v) is 18.2. The molecule has 0 radical (unpaired) electrons. The number of aryl methyl sites for hydroxylation is 1. The van der Waals surface area contributed by atoms with Gasteiger partial charge < -0.3 is 14.4 Å². The van der Waals surface area contributed by atoms with Gasteiger partial charge in [-0.25, -0.2) is 14.8 Å². The fraction of sp³-hybridized carbons (Fsp3) is 0.429. The third kappa shape index (κ3) is 3.84. The van der Waals surface area contributed by atoms with Crippen LogP contribution < -0.4 is 9.64 Å². The molecule has 1 aromatic carbocycles. The Labute approximate surface area is 184 Å². The Bertz CT molecular complexity index is 1020. The molecule has 158 valence electrons. The van der Waals surface area contributed by atoms with Crippen molar-refractivity contribution in [2.45, 2.75) is 38.7 Å². The molecule has 0 atom stereocenters. The molecular weight excluding hydrogens is 429 g/mol. The number of carbonyl (C=O) groups is 2. The zero-order chi connectivity index (χ0) is 21.5. The van der Waals surface area contributed by atoms with E-state index >= 15 is 0 Å². The summed E-state index contributed by atoms with van der Waals surface area (Å²) in [7, 11) is 0. The first-order chi connectivity index (χ1) is 14.3. The van der Waals surface area contributed by atoms with E-state index in [-0.39, 0.29) is 18.8 Å². The number of Topliss-reactive ketones (excluding diaryl/α,β-unsaturated/α-hetero) is 1. The Balaban J connectivity index is 1.57. The molecule has 0 bridgehead atoms. The number of anilines is 1. The van der Waals surface area contributed by atoms with Gasteiger partial charge in [-0.1, -0.05) is 23.2 Å². The van der Waals surface area contributed by atoms with Crippen molar-refractivity contribution < 1.29 is 19.1 Å². The van der Waals surface area contributed by atoms with E-state index < -0.39 is 11.6 Å². The van der Waals surface area contributed by atoms with Crippen LogP contribution in [0.2, 0.25) is 10.0 Å². The average molecular weight is 450 g/mol. The summed E-state index contributed by atoms with van der Waals surface area (Å²) in [5.41, 5.74) is 0.128. The van der Waals surface area contributed by atoms with Crippen LogP contribution in [0.5, 0.6) is 5.75 Å². The molecule has 0 amide bonds. The highest BCUT2D eigenvalue weighted by Crippen LogP contribution is 2.44. The first-order valence-electron chi connectivity index (χ1n) is 9.79. The number of hydrogen-bond acceptors (Lipinski definition) is 7. The summed E-state index contributed by atoms with van der Waals surface area (Å²) < 4.78 is 11.4. The van der Waals surface area contributed by atoms with Crippen LogP contribution >= 0.6 is 23.2 Å². The highest BCUT2D eigenvalue weighted by Gasteiger charge is 2.44. The molecule has 4 rings (SSSR count). The number of benzene rings is 1. The lowest BCUT2D eigenvalue weighted by Crippen LogP contribution is -2.51. The molecule has 0 unspecified atom stereocenters. The number of carbonyl (C=O) groups excluding carboxylic acids is 2. The molecule has 2 aromatic rings. The predicted molar refractivity (Wildman–Crippen MR) is 113 cm³/mol. The fourth-order valence-electron chi connectivity index (χ4n) is 3.97. The van der Waals surface area contributed by atoms with Crippen molar-refractivity contribution >= 4 is 40.8 Å². The normalized spacial score (nSPS) is 17.5. The van der Waals surface area contributed by atoms with Gasteiger partial charge >= 0.3 is 5.97 Å². The van der Waals surface area contributed by atoms with Crippen LogP contribution in [0.4, 0.5) is 5.82 Å². The minimum atomic E-state index is -0.635. The maximum absolute atomic E-state index is 12.8. The second-order valence-corrected chi connectivity index (χ2v) is 8.35. The van der Waals surface area contributed by atoms with E-state index in [9.17, 15) is 9.59 Å². The Hall–Kier alpha value is -2.38. The van der Waals surface area contributed by atoms with Crippen molar-refractivity contribution in [3.05, 3.63) is 45.3 Å². The lowest BCUT2D eigenvalue weighted by Gasteiger charge is -2.44. The summed E-state index contributed by atoms with van der Waals surface area (Å²) in [6.07, 6.45) is 2.93. The molecule has 2 aliphatic heterocycles. The molecule has 0 aliphatic carbocycles. The van der Waals surface area contributed by atoms with Gasteiger partial charge in [-0.2, -0.15) is 0 Å². The third-order valence-electron chi connectivity index (χ3n) is 5.47. The molecule has 1 spiro atoms. The first-order valence-corrected chi connectivity index (χ1v) is 10.5. The van der Waals surface area contributed by atoms with Crippen LogP contribution in [0.1, 0.15) is 52.7 Å². The van der Waals surface area contributed by atoms with Crippen LogP contribution in [0.3, 0.4) is 0 Å². The largest absolute Gasteiger partial charge is 0.484 e. The number of piperidine rings is 1. The molecule has 30 heavy (non-hydrogen) atoms. The fourth-order valence-corrected chi connectivity index (χ4v) is 4.50. The minimum absolute atomic E-state index is 0.0285. The third-order valence-corrected chi connectivity index (χ3v) is 5.97. The van der Waals surface area contributed by atoms with Crippen LogP contribution in [0, 0.1) is 6.92 Å². The lowest BCUT2D eigenvalue weighted by molar-refractivity contribution is 0.0232. The molecular formula is C21H21Cl2N3O4. The van der Waals surface area contributed by atoms with Gasteiger partial charge in [0.05, 0.1) is 23.6 Å². The summed E-state index contributed by atoms with van der Waals surface area (Å²) in [5, 5.41) is 0.746. The van der Waals surface area contributed by atoms with E-state index in [1.807, 2.05) is 4.90 Å². The number of esters is 1. The Morgan fingerprint density at radius 2 is 2.03 bits per heavy atom. The van der Waals surface area contributed by atoms with E-state index in [4.69, 9.17) is 32.7 Å². The maximum Gasteiger partial charge on any atom is 0.343 e. The molecule has 0 N–H and O–H groups in total. The number of ether oxygens (including phenoxy) is 2. The van der Waals surface area contributed by atoms with Crippen molar-refractivity contribution in [1.29, 1.82) is 0 Å². The SMILES string of the molecule is CCOC(=O)c1cnc(C)nc1N1CCC2(CC1)CC(=O)c1cc(Cl)cc(Cl)c1O2. The van der Waals surface area contributed by atoms with Crippen LogP contribution in [0.15, 0.2) is 18.3 Å². The Morgan fingerprint density at radius 3 is 2.73 bits per heavy atom. The van der Waals surface area contributed by atoms with E-state index in [0.717, 1.165) is 0 Å². The van der Waals surface area contributed by atoms with Crippen molar-refractivity contribution in [2.24, 2.45) is 0 Å². The van der Waals surface area contributed by atoms with E-state index in [1.54, 1.807) is 26.0 Å². The zero-order valence-electron chi connectivity index (χ0n) is 16.7. The van der Waals surface area contributed by atoms with Gasteiger partial charge in [0.25, 0.3) is 0 Å². The van der Waals surface area contributed by atoms with E-state index in [1.165, 1.54) is 6.20 Å². The number of hydrogen-bond donors (Lipinski definition) is 0. The quantitative estimate of drug-likeness (QED) is 0.646. The van der Waals surface area contributed by atoms with Crippen molar-refractivity contribution in [2.75, 3.05) is 24.6 Å². The number of ketones is 1. The molecule has 9 heteroatoms. The molecule has 1 fully saturated rings. The monoisotopic (exact) mass is 449 g/mol. The van der Waals surface area contributed by atoms with Gasteiger partial charge in [-0.3, -0.25) is 4.79 Å². The standard InChI is InChI=1S/C21H21Cl2N3O4/c1-3-29-20(28)15-11-24-12(2)25-19(15)26-6-4-21(5-7-26)10-17(27)14-8-13(22)9-16(23)18(14)30-21/h8-9,11H,3-7,10H2,1-2H3. The Kier molecular flexibility index (Phi) is 5.59. The summed E-state index contributed by atoms with van der Waals surface area (Å²) in [5.74, 6) is 1.03. The highest BCUT2D eigenvalue weighted by atomic mass is 35.5. The Morgan fingerprint density at radius 1 is 1.30 bits per heavy atom. The number of rotatable bonds is 3. The van der Waals surface area contributed by atoms with Crippen LogP contribution in [0.25, 0.3) is 0 Å². The minimum Gasteiger partial charge on any atom is -0.484 e. The van der Waals surface area contributed by atoms with Crippen molar-refractivity contribution in [3.8, 4) is 5.75 Å². The second-order valence-electron chi connectivity index (χ2n) is 7.51. The van der Waals surface area contributed by atoms with E-state index in [2.05, 4.69) is 9.97 Å². The number of fused-ring (bicyclic) bond motifs is 1. The molecule has 0 saturated carbocycles. The van der Waals surface area contributed by atoms with E-state index in [0.29, 0.717) is 64.5 Å². The topological polar surface area (TPSA) is 81.6 Å². The summed E-state index contributed by atoms with van der Waals surface area (Å²) in [6, 6.07) is 3.18. The van der Waals surface area contributed by atoms with Crippen molar-refractivity contribution in [1.82, 2.24) is 9.97 Å². The molecule has 1 aromatic heterocycles. The molecule has 1 saturated heterocycles. The van der Waals surface area contributed by atoms with Gasteiger partial charge in [0.1, 0.15) is 28.6 Å². The van der Waals surface area contributed by atoms with Crippen molar-refractivity contribution in [3.63, 3.8) is 0 Å². The lowest BCUT2D eigenvalue weighted by atomic mass is 9.82. The van der Waals surface area contributed by atoms with Crippen LogP contribution in [-0.2, 0) is 4.74 Å². The van der Waals surface area contributed by atoms with Gasteiger partial charge in [0, 0.05) is 37.2 Å². The smallest absolute Gasteiger partial charge is 0.343 e. The summed E-state index contributed by atoms with van der Waals surface area (Å²) in [4.78, 5) is 35.7. The highest BCUT2D eigenvalue weighted by molar-refractivity contribution is 6.36. The van der Waals surface area contributed by atoms with Gasteiger partial charge in [0.2, 0.25) is 0 Å². The van der Waals surface area contributed by atoms with Gasteiger partial charge in [-0.05, 0) is 26.0 Å². The average Bonchev–Trinajstić information content (AvgIpc) is 2.70. The molecule has 7 nitrogen and oxygen atoms in total.